The first kappa shape index (κ1) is 22.4. The lowest BCUT2D eigenvalue weighted by Gasteiger charge is -2.18. The summed E-state index contributed by atoms with van der Waals surface area (Å²) in [5, 5.41) is 3.79. The molecule has 0 bridgehead atoms. The first-order valence-corrected chi connectivity index (χ1v) is 9.67. The number of aromatic nitrogens is 1. The van der Waals surface area contributed by atoms with E-state index in [0.29, 0.717) is 18.2 Å². The van der Waals surface area contributed by atoms with Gasteiger partial charge in [0.25, 0.3) is 5.92 Å². The molecule has 0 N–H and O–H groups in total. The number of rotatable bonds is 5. The van der Waals surface area contributed by atoms with Gasteiger partial charge in [-0.3, -0.25) is 4.98 Å². The first-order valence-electron chi connectivity index (χ1n) is 8.92. The molecule has 0 saturated heterocycles. The maximum atomic E-state index is 14.6. The maximum absolute atomic E-state index is 14.6. The van der Waals surface area contributed by atoms with Crippen molar-refractivity contribution in [3.05, 3.63) is 51.4 Å². The number of ether oxygens (including phenoxy) is 1. The maximum Gasteiger partial charge on any atom is 0.353 e. The third-order valence-electron chi connectivity index (χ3n) is 4.54. The van der Waals surface area contributed by atoms with Gasteiger partial charge in [-0.15, -0.1) is 0 Å². The van der Waals surface area contributed by atoms with Crippen molar-refractivity contribution in [1.82, 2.24) is 4.98 Å². The van der Waals surface area contributed by atoms with Crippen molar-refractivity contribution in [2.45, 2.75) is 38.7 Å². The van der Waals surface area contributed by atoms with E-state index in [1.807, 2.05) is 0 Å². The van der Waals surface area contributed by atoms with Crippen molar-refractivity contribution in [1.29, 1.82) is 0 Å². The van der Waals surface area contributed by atoms with Crippen molar-refractivity contribution < 1.29 is 27.5 Å². The van der Waals surface area contributed by atoms with Gasteiger partial charge < -0.3 is 9.57 Å². The number of esters is 1. The Morgan fingerprint density at radius 1 is 1.27 bits per heavy atom. The van der Waals surface area contributed by atoms with Gasteiger partial charge in [-0.2, -0.15) is 0 Å². The van der Waals surface area contributed by atoms with Crippen molar-refractivity contribution in [2.24, 2.45) is 5.16 Å². The number of carbonyl (C=O) groups excluding carboxylic acids is 1. The number of hydrogen-bond acceptors (Lipinski definition) is 5. The van der Waals surface area contributed by atoms with Crippen LogP contribution in [0.5, 0.6) is 0 Å². The molecule has 0 saturated carbocycles. The van der Waals surface area contributed by atoms with E-state index < -0.39 is 28.9 Å². The largest absolute Gasteiger partial charge is 0.463 e. The van der Waals surface area contributed by atoms with Crippen LogP contribution in [0.3, 0.4) is 0 Å². The molecule has 1 atom stereocenters. The van der Waals surface area contributed by atoms with Gasteiger partial charge in [0.2, 0.25) is 5.60 Å². The van der Waals surface area contributed by atoms with Crippen LogP contribution < -0.4 is 0 Å². The monoisotopic (exact) mass is 460 g/mol. The molecular formula is C20H17Cl2F3N2O3. The smallest absolute Gasteiger partial charge is 0.353 e. The van der Waals surface area contributed by atoms with Crippen LogP contribution in [-0.4, -0.2) is 28.9 Å². The van der Waals surface area contributed by atoms with Crippen LogP contribution in [0.15, 0.2) is 29.6 Å². The average molecular weight is 461 g/mol. The number of carbonyl (C=O) groups is 1. The number of benzene rings is 1. The Labute approximate surface area is 180 Å². The van der Waals surface area contributed by atoms with E-state index in [2.05, 4.69) is 10.1 Å². The van der Waals surface area contributed by atoms with Crippen LogP contribution in [0.2, 0.25) is 10.0 Å². The summed E-state index contributed by atoms with van der Waals surface area (Å²) < 4.78 is 46.6. The molecule has 5 nitrogen and oxygen atoms in total. The van der Waals surface area contributed by atoms with E-state index in [4.69, 9.17) is 32.8 Å². The fourth-order valence-electron chi connectivity index (χ4n) is 2.91. The standard InChI is InChI=1S/C20H17Cl2F3N2O3/c1-4-29-18(28)19(2)8-16(27-30-19)11-6-12(15(23)7-13(11)21)17-14(22)5-10(9-26-17)20(3,24)25/h5-7,9H,4,8H2,1-3H3. The minimum Gasteiger partial charge on any atom is -0.463 e. The number of pyridine rings is 1. The Morgan fingerprint density at radius 3 is 2.57 bits per heavy atom. The van der Waals surface area contributed by atoms with E-state index in [0.717, 1.165) is 18.3 Å². The SMILES string of the molecule is CCOC(=O)C1(C)CC(c2cc(-c3ncc(C(C)(F)F)cc3Cl)c(F)cc2Cl)=NO1. The Hall–Kier alpha value is -2.32. The lowest BCUT2D eigenvalue weighted by atomic mass is 9.94. The van der Waals surface area contributed by atoms with Crippen molar-refractivity contribution in [3.63, 3.8) is 0 Å². The molecule has 1 aliphatic heterocycles. The fraction of sp³-hybridized carbons (Fsp3) is 0.350. The number of halogens is 5. The van der Waals surface area contributed by atoms with Gasteiger partial charge in [0.05, 0.1) is 28.1 Å². The third kappa shape index (κ3) is 4.25. The fourth-order valence-corrected chi connectivity index (χ4v) is 3.43. The molecule has 2 aromatic rings. The molecule has 30 heavy (non-hydrogen) atoms. The molecule has 0 fully saturated rings. The van der Waals surface area contributed by atoms with Crippen LogP contribution in [0.1, 0.15) is 38.3 Å². The van der Waals surface area contributed by atoms with Crippen LogP contribution >= 0.6 is 23.2 Å². The highest BCUT2D eigenvalue weighted by molar-refractivity contribution is 6.35. The highest BCUT2D eigenvalue weighted by Crippen LogP contribution is 2.37. The second-order valence-corrected chi connectivity index (χ2v) is 7.83. The minimum atomic E-state index is -3.15. The van der Waals surface area contributed by atoms with Crippen LogP contribution in [0.4, 0.5) is 13.2 Å². The first-order chi connectivity index (χ1) is 14.0. The average Bonchev–Trinajstić information content (AvgIpc) is 3.05. The molecule has 1 unspecified atom stereocenters. The van der Waals surface area contributed by atoms with Gasteiger partial charge >= 0.3 is 5.97 Å². The zero-order chi connectivity index (χ0) is 22.3. The Morgan fingerprint density at radius 2 is 1.97 bits per heavy atom. The lowest BCUT2D eigenvalue weighted by molar-refractivity contribution is -0.166. The predicted molar refractivity (Wildman–Crippen MR) is 106 cm³/mol. The van der Waals surface area contributed by atoms with E-state index in [-0.39, 0.29) is 34.3 Å². The molecular weight excluding hydrogens is 444 g/mol. The molecule has 0 amide bonds. The molecule has 1 aromatic heterocycles. The molecule has 0 aliphatic carbocycles. The molecule has 160 valence electrons. The Kier molecular flexibility index (Phi) is 6.02. The summed E-state index contributed by atoms with van der Waals surface area (Å²) in [6, 6.07) is 3.41. The quantitative estimate of drug-likeness (QED) is 0.532. The van der Waals surface area contributed by atoms with Crippen LogP contribution in [-0.2, 0) is 20.3 Å². The van der Waals surface area contributed by atoms with Crippen LogP contribution in [0.25, 0.3) is 11.3 Å². The molecule has 2 heterocycles. The van der Waals surface area contributed by atoms with E-state index >= 15 is 0 Å². The van der Waals surface area contributed by atoms with Crippen molar-refractivity contribution in [2.75, 3.05) is 6.61 Å². The van der Waals surface area contributed by atoms with Gasteiger partial charge in [-0.05, 0) is 32.0 Å². The number of nitrogens with zero attached hydrogens (tertiary/aromatic N) is 2. The zero-order valence-electron chi connectivity index (χ0n) is 16.2. The van der Waals surface area contributed by atoms with Crippen molar-refractivity contribution in [3.8, 4) is 11.3 Å². The Bertz CT molecular complexity index is 1040. The summed E-state index contributed by atoms with van der Waals surface area (Å²) in [6.45, 7) is 4.06. The highest BCUT2D eigenvalue weighted by atomic mass is 35.5. The van der Waals surface area contributed by atoms with Gasteiger partial charge in [-0.1, -0.05) is 28.4 Å². The number of hydrogen-bond donors (Lipinski definition) is 0. The Balaban J connectivity index is 2.00. The van der Waals surface area contributed by atoms with Gasteiger partial charge in [0.15, 0.2) is 0 Å². The molecule has 1 aromatic carbocycles. The van der Waals surface area contributed by atoms with E-state index in [1.54, 1.807) is 6.92 Å². The second kappa shape index (κ2) is 8.07. The van der Waals surface area contributed by atoms with E-state index in [1.165, 1.54) is 13.0 Å². The summed E-state index contributed by atoms with van der Waals surface area (Å²) in [5.74, 6) is -4.49. The molecule has 0 spiro atoms. The summed E-state index contributed by atoms with van der Waals surface area (Å²) in [7, 11) is 0. The topological polar surface area (TPSA) is 60.8 Å². The van der Waals surface area contributed by atoms with Gasteiger partial charge in [0.1, 0.15) is 5.82 Å². The number of oxime groups is 1. The summed E-state index contributed by atoms with van der Waals surface area (Å²) >= 11 is 12.3. The third-order valence-corrected chi connectivity index (χ3v) is 5.14. The lowest BCUT2D eigenvalue weighted by Crippen LogP contribution is -2.37. The van der Waals surface area contributed by atoms with Crippen molar-refractivity contribution >= 4 is 34.9 Å². The predicted octanol–water partition coefficient (Wildman–Crippen LogP) is 5.75. The minimum absolute atomic E-state index is 0.0274. The van der Waals surface area contributed by atoms with Crippen LogP contribution in [0, 0.1) is 5.82 Å². The molecule has 0 radical (unpaired) electrons. The summed E-state index contributed by atoms with van der Waals surface area (Å²) in [6.07, 6.45) is 0.974. The van der Waals surface area contributed by atoms with Gasteiger partial charge in [0, 0.05) is 36.2 Å². The molecule has 1 aliphatic rings. The summed E-state index contributed by atoms with van der Waals surface area (Å²) in [4.78, 5) is 21.3. The normalized spacial score (nSPS) is 18.7. The zero-order valence-corrected chi connectivity index (χ0v) is 17.7. The highest BCUT2D eigenvalue weighted by Gasteiger charge is 2.44. The molecule has 10 heteroatoms. The summed E-state index contributed by atoms with van der Waals surface area (Å²) in [5.41, 5.74) is -1.24. The molecule has 3 rings (SSSR count). The number of alkyl halides is 2. The second-order valence-electron chi connectivity index (χ2n) is 7.01. The van der Waals surface area contributed by atoms with Gasteiger partial charge in [-0.25, -0.2) is 18.0 Å². The van der Waals surface area contributed by atoms with E-state index in [9.17, 15) is 18.0 Å².